The second kappa shape index (κ2) is 7.39. The van der Waals surface area contributed by atoms with Crippen LogP contribution in [-0.4, -0.2) is 24.3 Å². The van der Waals surface area contributed by atoms with Gasteiger partial charge in [-0.3, -0.25) is 4.79 Å². The van der Waals surface area contributed by atoms with Gasteiger partial charge < -0.3 is 4.90 Å². The molecule has 2 rings (SSSR count). The molecule has 0 heterocycles. The molecule has 2 aromatic rings. The van der Waals surface area contributed by atoms with Crippen LogP contribution in [0.2, 0.25) is 5.02 Å². The highest BCUT2D eigenvalue weighted by Crippen LogP contribution is 2.13. The third-order valence-electron chi connectivity index (χ3n) is 3.44. The van der Waals surface area contributed by atoms with Gasteiger partial charge in [0.2, 0.25) is 0 Å². The van der Waals surface area contributed by atoms with Gasteiger partial charge >= 0.3 is 0 Å². The maximum atomic E-state index is 12.1. The molecule has 0 atom stereocenters. The Labute approximate surface area is 131 Å². The Kier molecular flexibility index (Phi) is 5.54. The van der Waals surface area contributed by atoms with Gasteiger partial charge in [-0.2, -0.15) is 0 Å². The van der Waals surface area contributed by atoms with Gasteiger partial charge in [0.25, 0.3) is 0 Å². The fourth-order valence-corrected chi connectivity index (χ4v) is 2.42. The average Bonchev–Trinajstić information content (AvgIpc) is 2.45. The van der Waals surface area contributed by atoms with Crippen LogP contribution in [0.5, 0.6) is 0 Å². The number of halogens is 1. The molecular formula is C18H20ClNO. The molecule has 0 fully saturated rings. The van der Waals surface area contributed by atoms with E-state index in [1.807, 2.05) is 62.5 Å². The van der Waals surface area contributed by atoms with Gasteiger partial charge in [-0.1, -0.05) is 53.6 Å². The van der Waals surface area contributed by atoms with E-state index in [-0.39, 0.29) is 5.78 Å². The Balaban J connectivity index is 1.84. The quantitative estimate of drug-likeness (QED) is 0.739. The summed E-state index contributed by atoms with van der Waals surface area (Å²) in [6.45, 7) is 3.55. The molecule has 0 saturated carbocycles. The standard InChI is InChI=1S/C18H20ClNO/c1-14-6-8-16(9-7-14)18(21)10-11-20(2)13-15-4-3-5-17(19)12-15/h3-9,12H,10-11,13H2,1-2H3. The van der Waals surface area contributed by atoms with Gasteiger partial charge in [0.05, 0.1) is 0 Å². The van der Waals surface area contributed by atoms with E-state index in [1.54, 1.807) is 0 Å². The van der Waals surface area contributed by atoms with Gasteiger partial charge in [0.15, 0.2) is 5.78 Å². The molecule has 21 heavy (non-hydrogen) atoms. The van der Waals surface area contributed by atoms with Crippen LogP contribution in [-0.2, 0) is 6.54 Å². The van der Waals surface area contributed by atoms with Crippen LogP contribution in [0.1, 0.15) is 27.9 Å². The minimum Gasteiger partial charge on any atom is -0.302 e. The van der Waals surface area contributed by atoms with Gasteiger partial charge in [0.1, 0.15) is 0 Å². The van der Waals surface area contributed by atoms with Crippen molar-refractivity contribution in [2.75, 3.05) is 13.6 Å². The molecule has 0 saturated heterocycles. The van der Waals surface area contributed by atoms with Crippen molar-refractivity contribution in [2.24, 2.45) is 0 Å². The molecule has 0 spiro atoms. The third-order valence-corrected chi connectivity index (χ3v) is 3.67. The van der Waals surface area contributed by atoms with Crippen molar-refractivity contribution in [1.82, 2.24) is 4.90 Å². The van der Waals surface area contributed by atoms with Crippen LogP contribution in [0.15, 0.2) is 48.5 Å². The first-order valence-electron chi connectivity index (χ1n) is 7.07. The molecule has 2 nitrogen and oxygen atoms in total. The van der Waals surface area contributed by atoms with Crippen molar-refractivity contribution in [3.05, 3.63) is 70.2 Å². The molecule has 0 aromatic heterocycles. The molecule has 0 unspecified atom stereocenters. The Morgan fingerprint density at radius 1 is 1.14 bits per heavy atom. The highest BCUT2D eigenvalue weighted by Gasteiger charge is 2.08. The summed E-state index contributed by atoms with van der Waals surface area (Å²) in [5, 5.41) is 0.747. The first-order valence-corrected chi connectivity index (χ1v) is 7.45. The largest absolute Gasteiger partial charge is 0.302 e. The third kappa shape index (κ3) is 5.00. The predicted molar refractivity (Wildman–Crippen MR) is 87.9 cm³/mol. The molecule has 0 amide bonds. The van der Waals surface area contributed by atoms with Crippen molar-refractivity contribution < 1.29 is 4.79 Å². The van der Waals surface area contributed by atoms with Crippen molar-refractivity contribution in [1.29, 1.82) is 0 Å². The number of hydrogen-bond donors (Lipinski definition) is 0. The molecule has 110 valence electrons. The lowest BCUT2D eigenvalue weighted by Crippen LogP contribution is -2.21. The summed E-state index contributed by atoms with van der Waals surface area (Å²) in [6, 6.07) is 15.6. The summed E-state index contributed by atoms with van der Waals surface area (Å²) >= 11 is 5.98. The van der Waals surface area contributed by atoms with Crippen LogP contribution in [0, 0.1) is 6.92 Å². The van der Waals surface area contributed by atoms with Gasteiger partial charge in [0, 0.05) is 30.1 Å². The molecular weight excluding hydrogens is 282 g/mol. The summed E-state index contributed by atoms with van der Waals surface area (Å²) in [5.74, 6) is 0.188. The Morgan fingerprint density at radius 2 is 1.86 bits per heavy atom. The number of nitrogens with zero attached hydrogens (tertiary/aromatic N) is 1. The Hall–Kier alpha value is -1.64. The Morgan fingerprint density at radius 3 is 2.52 bits per heavy atom. The summed E-state index contributed by atoms with van der Waals surface area (Å²) in [4.78, 5) is 14.3. The minimum absolute atomic E-state index is 0.188. The summed E-state index contributed by atoms with van der Waals surface area (Å²) in [5.41, 5.74) is 3.12. The van der Waals surface area contributed by atoms with E-state index in [0.29, 0.717) is 6.42 Å². The summed E-state index contributed by atoms with van der Waals surface area (Å²) in [7, 11) is 2.02. The lowest BCUT2D eigenvalue weighted by Gasteiger charge is -2.16. The average molecular weight is 302 g/mol. The number of ketones is 1. The van der Waals surface area contributed by atoms with Crippen molar-refractivity contribution in [3.8, 4) is 0 Å². The van der Waals surface area contributed by atoms with Crippen molar-refractivity contribution in [3.63, 3.8) is 0 Å². The van der Waals surface area contributed by atoms with Gasteiger partial charge in [-0.25, -0.2) is 0 Å². The zero-order valence-corrected chi connectivity index (χ0v) is 13.2. The smallest absolute Gasteiger partial charge is 0.164 e. The number of benzene rings is 2. The fourth-order valence-electron chi connectivity index (χ4n) is 2.20. The van der Waals surface area contributed by atoms with Crippen LogP contribution in [0.25, 0.3) is 0 Å². The van der Waals surface area contributed by atoms with Crippen molar-refractivity contribution in [2.45, 2.75) is 19.9 Å². The van der Waals surface area contributed by atoms with Crippen LogP contribution in [0.3, 0.4) is 0 Å². The zero-order valence-electron chi connectivity index (χ0n) is 12.5. The van der Waals surface area contributed by atoms with E-state index in [4.69, 9.17) is 11.6 Å². The number of rotatable bonds is 6. The molecule has 2 aromatic carbocycles. The Bertz CT molecular complexity index is 607. The normalized spacial score (nSPS) is 10.9. The number of Topliss-reactive ketones (excluding diaryl/α,β-unsaturated/α-hetero) is 1. The minimum atomic E-state index is 0.188. The van der Waals surface area contributed by atoms with E-state index >= 15 is 0 Å². The number of carbonyl (C=O) groups excluding carboxylic acids is 1. The predicted octanol–water partition coefficient (Wildman–Crippen LogP) is 4.35. The molecule has 0 aliphatic rings. The first-order chi connectivity index (χ1) is 10.0. The fraction of sp³-hybridized carbons (Fsp3) is 0.278. The van der Waals surface area contributed by atoms with E-state index in [9.17, 15) is 4.79 Å². The molecule has 0 N–H and O–H groups in total. The molecule has 0 radical (unpaired) electrons. The van der Waals surface area contributed by atoms with E-state index in [2.05, 4.69) is 4.90 Å². The number of carbonyl (C=O) groups is 1. The lowest BCUT2D eigenvalue weighted by molar-refractivity contribution is 0.0968. The molecule has 0 aliphatic carbocycles. The molecule has 3 heteroatoms. The van der Waals surface area contributed by atoms with Crippen molar-refractivity contribution >= 4 is 17.4 Å². The maximum Gasteiger partial charge on any atom is 0.164 e. The van der Waals surface area contributed by atoms with Crippen LogP contribution in [0.4, 0.5) is 0 Å². The molecule has 0 aliphatic heterocycles. The SMILES string of the molecule is Cc1ccc(C(=O)CCN(C)Cc2cccc(Cl)c2)cc1. The highest BCUT2D eigenvalue weighted by molar-refractivity contribution is 6.30. The number of aryl methyl sites for hydroxylation is 1. The van der Waals surface area contributed by atoms with E-state index in [0.717, 1.165) is 29.2 Å². The summed E-state index contributed by atoms with van der Waals surface area (Å²) in [6.07, 6.45) is 0.528. The van der Waals surface area contributed by atoms with E-state index in [1.165, 1.54) is 5.56 Å². The highest BCUT2D eigenvalue weighted by atomic mass is 35.5. The zero-order chi connectivity index (χ0) is 15.2. The van der Waals surface area contributed by atoms with E-state index < -0.39 is 0 Å². The van der Waals surface area contributed by atoms with Crippen LogP contribution >= 0.6 is 11.6 Å². The summed E-state index contributed by atoms with van der Waals surface area (Å²) < 4.78 is 0. The second-order valence-corrected chi connectivity index (χ2v) is 5.84. The lowest BCUT2D eigenvalue weighted by atomic mass is 10.1. The van der Waals surface area contributed by atoms with Gasteiger partial charge in [-0.05, 0) is 31.7 Å². The first kappa shape index (κ1) is 15.7. The second-order valence-electron chi connectivity index (χ2n) is 5.41. The number of hydrogen-bond acceptors (Lipinski definition) is 2. The maximum absolute atomic E-state index is 12.1. The molecule has 0 bridgehead atoms. The van der Waals surface area contributed by atoms with Crippen LogP contribution < -0.4 is 0 Å². The monoisotopic (exact) mass is 301 g/mol. The van der Waals surface area contributed by atoms with Gasteiger partial charge in [-0.15, -0.1) is 0 Å². The topological polar surface area (TPSA) is 20.3 Å².